The second-order valence-electron chi connectivity index (χ2n) is 6.98. The van der Waals surface area contributed by atoms with Gasteiger partial charge in [-0.25, -0.2) is 9.18 Å². The van der Waals surface area contributed by atoms with Gasteiger partial charge in [-0.15, -0.1) is 0 Å². The van der Waals surface area contributed by atoms with E-state index in [1.54, 1.807) is 17.0 Å². The zero-order valence-corrected chi connectivity index (χ0v) is 15.2. The molecule has 0 bridgehead atoms. The molecule has 1 aliphatic rings. The number of piperazine rings is 1. The molecule has 6 nitrogen and oxygen atoms in total. The lowest BCUT2D eigenvalue weighted by Crippen LogP contribution is -2.50. The molecule has 138 valence electrons. The summed E-state index contributed by atoms with van der Waals surface area (Å²) < 4.78 is 24.1. The van der Waals surface area contributed by atoms with Gasteiger partial charge in [-0.3, -0.25) is 4.79 Å². The normalized spacial score (nSPS) is 15.1. The fraction of sp³-hybridized carbons (Fsp3) is 0.556. The topological polar surface area (TPSA) is 59.1 Å². The highest BCUT2D eigenvalue weighted by molar-refractivity contribution is 5.73. The van der Waals surface area contributed by atoms with Crippen LogP contribution in [0, 0.1) is 5.82 Å². The largest absolute Gasteiger partial charge is 0.469 e. The summed E-state index contributed by atoms with van der Waals surface area (Å²) in [6.45, 7) is 7.71. The molecule has 1 aromatic rings. The third-order valence-corrected chi connectivity index (χ3v) is 3.90. The van der Waals surface area contributed by atoms with Crippen molar-refractivity contribution in [3.8, 4) is 0 Å². The van der Waals surface area contributed by atoms with Crippen molar-refractivity contribution in [1.29, 1.82) is 0 Å². The Morgan fingerprint density at radius 1 is 1.16 bits per heavy atom. The molecule has 0 unspecified atom stereocenters. The molecule has 1 aliphatic heterocycles. The van der Waals surface area contributed by atoms with E-state index < -0.39 is 17.4 Å². The van der Waals surface area contributed by atoms with Crippen molar-refractivity contribution >= 4 is 17.7 Å². The van der Waals surface area contributed by atoms with Crippen LogP contribution in [0.25, 0.3) is 0 Å². The van der Waals surface area contributed by atoms with Gasteiger partial charge < -0.3 is 19.3 Å². The van der Waals surface area contributed by atoms with Crippen molar-refractivity contribution in [3.05, 3.63) is 29.6 Å². The minimum atomic E-state index is -0.521. The number of rotatable bonds is 3. The van der Waals surface area contributed by atoms with E-state index >= 15 is 0 Å². The van der Waals surface area contributed by atoms with Gasteiger partial charge in [0.1, 0.15) is 11.4 Å². The number of carbonyl (C=O) groups excluding carboxylic acids is 2. The molecule has 1 fully saturated rings. The molecule has 0 atom stereocenters. The summed E-state index contributed by atoms with van der Waals surface area (Å²) in [6.07, 6.45) is -0.415. The molecule has 2 rings (SSSR count). The van der Waals surface area contributed by atoms with E-state index in [2.05, 4.69) is 4.74 Å². The number of esters is 1. The number of amides is 1. The Kier molecular flexibility index (Phi) is 5.87. The summed E-state index contributed by atoms with van der Waals surface area (Å²) >= 11 is 0. The van der Waals surface area contributed by atoms with E-state index in [0.29, 0.717) is 31.7 Å². The number of halogens is 1. The van der Waals surface area contributed by atoms with E-state index in [4.69, 9.17) is 4.74 Å². The first-order valence-corrected chi connectivity index (χ1v) is 8.28. The minimum Gasteiger partial charge on any atom is -0.469 e. The molecule has 0 aromatic heterocycles. The summed E-state index contributed by atoms with van der Waals surface area (Å²) in [5.74, 6) is -0.907. The van der Waals surface area contributed by atoms with E-state index in [1.807, 2.05) is 25.7 Å². The van der Waals surface area contributed by atoms with E-state index in [0.717, 1.165) is 5.69 Å². The maximum atomic E-state index is 14.2. The average Bonchev–Trinajstić information content (AvgIpc) is 2.55. The van der Waals surface area contributed by atoms with Gasteiger partial charge in [-0.05, 0) is 38.5 Å². The monoisotopic (exact) mass is 352 g/mol. The lowest BCUT2D eigenvalue weighted by molar-refractivity contribution is -0.139. The minimum absolute atomic E-state index is 0.0883. The molecule has 1 aromatic carbocycles. The molecular formula is C18H25FN2O4. The molecule has 0 saturated carbocycles. The van der Waals surface area contributed by atoms with E-state index in [9.17, 15) is 14.0 Å². The zero-order chi connectivity index (χ0) is 18.6. The summed E-state index contributed by atoms with van der Waals surface area (Å²) in [5, 5.41) is 0. The molecular weight excluding hydrogens is 327 g/mol. The summed E-state index contributed by atoms with van der Waals surface area (Å²) in [4.78, 5) is 27.0. The molecule has 0 radical (unpaired) electrons. The predicted molar refractivity (Wildman–Crippen MR) is 92.1 cm³/mol. The number of carbonyl (C=O) groups is 2. The number of benzene rings is 1. The van der Waals surface area contributed by atoms with Crippen molar-refractivity contribution in [3.63, 3.8) is 0 Å². The average molecular weight is 352 g/mol. The van der Waals surface area contributed by atoms with Crippen molar-refractivity contribution in [2.45, 2.75) is 32.8 Å². The van der Waals surface area contributed by atoms with Crippen LogP contribution in [0.2, 0.25) is 0 Å². The first-order chi connectivity index (χ1) is 11.7. The number of ether oxygens (including phenoxy) is 2. The van der Waals surface area contributed by atoms with Gasteiger partial charge in [-0.2, -0.15) is 0 Å². The van der Waals surface area contributed by atoms with Crippen LogP contribution >= 0.6 is 0 Å². The highest BCUT2D eigenvalue weighted by atomic mass is 19.1. The van der Waals surface area contributed by atoms with Crippen LogP contribution in [-0.2, 0) is 20.7 Å². The Hall–Kier alpha value is -2.31. The first-order valence-electron chi connectivity index (χ1n) is 8.28. The molecule has 7 heteroatoms. The maximum absolute atomic E-state index is 14.2. The second kappa shape index (κ2) is 7.72. The third kappa shape index (κ3) is 5.34. The highest BCUT2D eigenvalue weighted by Gasteiger charge is 2.26. The number of anilines is 1. The maximum Gasteiger partial charge on any atom is 0.410 e. The molecule has 1 amide bonds. The molecule has 0 spiro atoms. The number of hydrogen-bond donors (Lipinski definition) is 0. The zero-order valence-electron chi connectivity index (χ0n) is 15.2. The van der Waals surface area contributed by atoms with Crippen molar-refractivity contribution in [2.75, 3.05) is 38.2 Å². The third-order valence-electron chi connectivity index (χ3n) is 3.90. The van der Waals surface area contributed by atoms with Crippen LogP contribution in [0.5, 0.6) is 0 Å². The van der Waals surface area contributed by atoms with Crippen LogP contribution in [0.4, 0.5) is 14.9 Å². The van der Waals surface area contributed by atoms with Crippen LogP contribution in [-0.4, -0.2) is 55.9 Å². The standard InChI is InChI=1S/C18H25FN2O4/c1-18(2,3)25-17(23)21-9-7-20(8-10-21)14-6-5-13(15(19)12-14)11-16(22)24-4/h5-6,12H,7-11H2,1-4H3. The Bertz CT molecular complexity index is 634. The van der Waals surface area contributed by atoms with Crippen LogP contribution in [0.1, 0.15) is 26.3 Å². The number of hydrogen-bond acceptors (Lipinski definition) is 5. The van der Waals surface area contributed by atoms with Crippen molar-refractivity contribution < 1.29 is 23.5 Å². The molecule has 0 aliphatic carbocycles. The fourth-order valence-electron chi connectivity index (χ4n) is 2.58. The molecule has 25 heavy (non-hydrogen) atoms. The predicted octanol–water partition coefficient (Wildman–Crippen LogP) is 2.60. The van der Waals surface area contributed by atoms with Gasteiger partial charge >= 0.3 is 12.1 Å². The van der Waals surface area contributed by atoms with Crippen molar-refractivity contribution in [2.24, 2.45) is 0 Å². The van der Waals surface area contributed by atoms with Gasteiger partial charge in [0.25, 0.3) is 0 Å². The van der Waals surface area contributed by atoms with Gasteiger partial charge in [0.2, 0.25) is 0 Å². The number of nitrogens with zero attached hydrogens (tertiary/aromatic N) is 2. The van der Waals surface area contributed by atoms with E-state index in [1.165, 1.54) is 13.2 Å². The van der Waals surface area contributed by atoms with Crippen molar-refractivity contribution in [1.82, 2.24) is 4.90 Å². The van der Waals surface area contributed by atoms with Crippen LogP contribution in [0.15, 0.2) is 18.2 Å². The van der Waals surface area contributed by atoms with Gasteiger partial charge in [0.15, 0.2) is 0 Å². The Morgan fingerprint density at radius 2 is 1.80 bits per heavy atom. The lowest BCUT2D eigenvalue weighted by Gasteiger charge is -2.36. The Labute approximate surface area is 147 Å². The van der Waals surface area contributed by atoms with Crippen LogP contribution < -0.4 is 4.90 Å². The smallest absolute Gasteiger partial charge is 0.410 e. The fourth-order valence-corrected chi connectivity index (χ4v) is 2.58. The second-order valence-corrected chi connectivity index (χ2v) is 6.98. The Balaban J connectivity index is 1.95. The Morgan fingerprint density at radius 3 is 2.32 bits per heavy atom. The number of methoxy groups -OCH3 is 1. The summed E-state index contributed by atoms with van der Waals surface area (Å²) in [6, 6.07) is 4.80. The molecule has 0 N–H and O–H groups in total. The summed E-state index contributed by atoms with van der Waals surface area (Å²) in [7, 11) is 1.28. The van der Waals surface area contributed by atoms with E-state index in [-0.39, 0.29) is 12.5 Å². The van der Waals surface area contributed by atoms with Crippen LogP contribution in [0.3, 0.4) is 0 Å². The highest BCUT2D eigenvalue weighted by Crippen LogP contribution is 2.21. The lowest BCUT2D eigenvalue weighted by atomic mass is 10.1. The summed E-state index contributed by atoms with van der Waals surface area (Å²) in [5.41, 5.74) is 0.519. The van der Waals surface area contributed by atoms with Gasteiger partial charge in [0.05, 0.1) is 13.5 Å². The van der Waals surface area contributed by atoms with Gasteiger partial charge in [-0.1, -0.05) is 6.07 Å². The first kappa shape index (κ1) is 19.0. The SMILES string of the molecule is COC(=O)Cc1ccc(N2CCN(C(=O)OC(C)(C)C)CC2)cc1F. The quantitative estimate of drug-likeness (QED) is 0.783. The van der Waals surface area contributed by atoms with Gasteiger partial charge in [0, 0.05) is 31.9 Å². The molecule has 1 heterocycles. The molecule has 1 saturated heterocycles.